The van der Waals surface area contributed by atoms with Crippen molar-refractivity contribution in [1.29, 1.82) is 0 Å². The third-order valence-electron chi connectivity index (χ3n) is 1.43. The Kier molecular flexibility index (Phi) is 3.03. The molecule has 1 aliphatic heterocycles. The molecule has 0 spiro atoms. The maximum atomic E-state index is 8.77. The van der Waals surface area contributed by atoms with Crippen molar-refractivity contribution < 1.29 is 11.3 Å². The van der Waals surface area contributed by atoms with Gasteiger partial charge >= 0.3 is 0 Å². The van der Waals surface area contributed by atoms with Crippen LogP contribution in [-0.2, 0) is 4.74 Å². The van der Waals surface area contributed by atoms with E-state index in [0.29, 0.717) is 13.1 Å². The van der Waals surface area contributed by atoms with E-state index < -0.39 is 0 Å². The standard InChI is InChI=1S/C5H12BNO2P/c8-3-4-1-7-2-5(6-10)9-4/h4-5,7-8H,1-3,10H2/i/hT. The Hall–Kier alpha value is 0.375. The van der Waals surface area contributed by atoms with E-state index in [9.17, 15) is 0 Å². The molecule has 1 heterocycles. The maximum absolute atomic E-state index is 8.77. The molecule has 1 aliphatic rings. The summed E-state index contributed by atoms with van der Waals surface area (Å²) >= 11 is 0. The Bertz CT molecular complexity index is 119. The summed E-state index contributed by atoms with van der Waals surface area (Å²) in [6, 6.07) is -0.0385. The van der Waals surface area contributed by atoms with E-state index in [1.807, 2.05) is 7.00 Å². The van der Waals surface area contributed by atoms with Gasteiger partial charge in [0.1, 0.15) is 1.41 Å². The van der Waals surface area contributed by atoms with Gasteiger partial charge in [0.2, 0.25) is 0 Å². The van der Waals surface area contributed by atoms with Gasteiger partial charge < -0.3 is 15.2 Å². The highest BCUT2D eigenvalue weighted by Crippen LogP contribution is 2.03. The Morgan fingerprint density at radius 3 is 3.30 bits per heavy atom. The van der Waals surface area contributed by atoms with Crippen LogP contribution in [0.3, 0.4) is 0 Å². The third-order valence-corrected chi connectivity index (χ3v) is 1.86. The second kappa shape index (κ2) is 4.29. The van der Waals surface area contributed by atoms with Crippen LogP contribution in [0.5, 0.6) is 0 Å². The summed E-state index contributed by atoms with van der Waals surface area (Å²) in [6.45, 7) is 2.89. The Morgan fingerprint density at radius 1 is 1.90 bits per heavy atom. The molecule has 1 rings (SSSR count). The molecular formula is C5H12BNO2P. The molecule has 1 radical (unpaired) electrons. The molecule has 0 amide bonds. The lowest BCUT2D eigenvalue weighted by molar-refractivity contribution is -0.0262. The van der Waals surface area contributed by atoms with E-state index in [1.54, 1.807) is 0 Å². The minimum absolute atomic E-state index is 0.00954. The average Bonchev–Trinajstić information content (AvgIpc) is 2.03. The first kappa shape index (κ1) is 7.05. The molecule has 1 saturated heterocycles. The number of hydrogen-bond donors (Lipinski definition) is 2. The molecule has 0 aromatic rings. The molecule has 0 aromatic heterocycles. The maximum Gasteiger partial charge on any atom is 0.178 e. The third kappa shape index (κ3) is 2.20. The van der Waals surface area contributed by atoms with Crippen molar-refractivity contribution in [2.45, 2.75) is 12.1 Å². The summed E-state index contributed by atoms with van der Waals surface area (Å²) in [5.41, 5.74) is 0. The molecule has 0 aliphatic carbocycles. The summed E-state index contributed by atoms with van der Waals surface area (Å²) in [7, 11) is 2.46. The number of hydrogen-bond acceptors (Lipinski definition) is 3. The molecule has 5 heteroatoms. The first-order chi connectivity index (χ1) is 5.26. The van der Waals surface area contributed by atoms with E-state index in [-0.39, 0.29) is 18.7 Å². The number of nitrogens with one attached hydrogen (secondary N) is 1. The van der Waals surface area contributed by atoms with Crippen LogP contribution in [0.2, 0.25) is 1.41 Å². The smallest absolute Gasteiger partial charge is 0.178 e. The molecule has 1 fully saturated rings. The van der Waals surface area contributed by atoms with Gasteiger partial charge in [-0.25, -0.2) is 0 Å². The van der Waals surface area contributed by atoms with Gasteiger partial charge in [0.25, 0.3) is 0 Å². The summed E-state index contributed by atoms with van der Waals surface area (Å²) in [6.07, 6.45) is -0.206. The normalized spacial score (nSPS) is 37.2. The van der Waals surface area contributed by atoms with Crippen LogP contribution in [0, 0.1) is 0 Å². The van der Waals surface area contributed by atoms with E-state index in [4.69, 9.17) is 11.3 Å². The summed E-state index contributed by atoms with van der Waals surface area (Å²) in [4.78, 5) is 0. The van der Waals surface area contributed by atoms with Crippen LogP contribution in [0.1, 0.15) is 0 Å². The van der Waals surface area contributed by atoms with Crippen molar-refractivity contribution >= 4 is 16.1 Å². The lowest BCUT2D eigenvalue weighted by atomic mass is 9.96. The molecule has 3 atom stereocenters. The van der Waals surface area contributed by atoms with Crippen LogP contribution < -0.4 is 5.31 Å². The van der Waals surface area contributed by atoms with E-state index in [0.717, 1.165) is 0 Å². The van der Waals surface area contributed by atoms with Crippen molar-refractivity contribution in [3.63, 3.8) is 0 Å². The minimum atomic E-state index is -0.206. The van der Waals surface area contributed by atoms with Crippen LogP contribution in [0.4, 0.5) is 0 Å². The highest BCUT2D eigenvalue weighted by molar-refractivity contribution is 7.56. The van der Waals surface area contributed by atoms with Gasteiger partial charge in [-0.2, -0.15) is 9.12 Å². The van der Waals surface area contributed by atoms with Gasteiger partial charge in [-0.15, -0.1) is 0 Å². The summed E-state index contributed by atoms with van der Waals surface area (Å²) in [5.74, 6) is 0. The molecule has 0 bridgehead atoms. The molecule has 57 valence electrons. The highest BCUT2D eigenvalue weighted by Gasteiger charge is 2.19. The number of aliphatic hydroxyl groups is 1. The van der Waals surface area contributed by atoms with Crippen molar-refractivity contribution in [3.8, 4) is 0 Å². The van der Waals surface area contributed by atoms with E-state index in [1.165, 1.54) is 5.31 Å². The first-order valence-electron chi connectivity index (χ1n) is 3.76. The topological polar surface area (TPSA) is 41.5 Å². The van der Waals surface area contributed by atoms with Crippen LogP contribution in [0.25, 0.3) is 0 Å². The quantitative estimate of drug-likeness (QED) is 0.395. The fourth-order valence-electron chi connectivity index (χ4n) is 0.886. The fourth-order valence-corrected chi connectivity index (χ4v) is 1.10. The monoisotopic (exact) mass is 162 g/mol. The van der Waals surface area contributed by atoms with Crippen molar-refractivity contribution in [2.24, 2.45) is 0 Å². The number of morpholine rings is 1. The predicted octanol–water partition coefficient (Wildman–Crippen LogP) is -1.21. The highest BCUT2D eigenvalue weighted by atomic mass is 31.0. The van der Waals surface area contributed by atoms with Crippen molar-refractivity contribution in [1.82, 2.24) is 5.31 Å². The zero-order chi connectivity index (χ0) is 8.27. The largest absolute Gasteiger partial charge is 0.394 e. The van der Waals surface area contributed by atoms with Crippen LogP contribution >= 0.6 is 9.12 Å². The second-order valence-corrected chi connectivity index (χ2v) is 2.65. The predicted molar refractivity (Wildman–Crippen MR) is 44.1 cm³/mol. The zero-order valence-electron chi connectivity index (χ0n) is 6.73. The van der Waals surface area contributed by atoms with Crippen LogP contribution in [0.15, 0.2) is 0 Å². The fraction of sp³-hybridized carbons (Fsp3) is 1.00. The van der Waals surface area contributed by atoms with Crippen molar-refractivity contribution in [2.75, 3.05) is 19.7 Å². The molecule has 3 nitrogen and oxygen atoms in total. The second-order valence-electron chi connectivity index (χ2n) is 2.26. The van der Waals surface area contributed by atoms with Gasteiger partial charge in [-0.05, 0) is 0 Å². The van der Waals surface area contributed by atoms with Gasteiger partial charge in [-0.3, -0.25) is 0 Å². The number of aliphatic hydroxyl groups excluding tert-OH is 1. The molecule has 3 unspecified atom stereocenters. The lowest BCUT2D eigenvalue weighted by Gasteiger charge is -2.28. The minimum Gasteiger partial charge on any atom is -0.394 e. The molecular weight excluding hydrogens is 148 g/mol. The zero-order valence-corrected chi connectivity index (χ0v) is 6.89. The average molecular weight is 162 g/mol. The Balaban J connectivity index is 2.37. The summed E-state index contributed by atoms with van der Waals surface area (Å²) < 4.78 is 12.7. The van der Waals surface area contributed by atoms with Crippen molar-refractivity contribution in [3.05, 3.63) is 0 Å². The molecule has 10 heavy (non-hydrogen) atoms. The van der Waals surface area contributed by atoms with Gasteiger partial charge in [-0.1, -0.05) is 0 Å². The van der Waals surface area contributed by atoms with Crippen LogP contribution in [-0.4, -0.2) is 43.9 Å². The lowest BCUT2D eigenvalue weighted by Crippen LogP contribution is -2.47. The van der Waals surface area contributed by atoms with Gasteiger partial charge in [0.05, 0.1) is 12.7 Å². The molecule has 0 aromatic carbocycles. The molecule has 2 N–H and O–H groups in total. The molecule has 0 saturated carbocycles. The summed E-state index contributed by atoms with van der Waals surface area (Å²) in [5, 5.41) is 10.2. The Morgan fingerprint density at radius 2 is 2.70 bits per heavy atom. The Labute approximate surface area is 65.4 Å². The van der Waals surface area contributed by atoms with E-state index in [2.05, 4.69) is 9.12 Å². The number of rotatable bonds is 2. The van der Waals surface area contributed by atoms with E-state index >= 15 is 0 Å². The number of ether oxygens (including phenoxy) is 1. The van der Waals surface area contributed by atoms with Gasteiger partial charge in [0, 0.05) is 19.1 Å². The SMILES string of the molecule is [3H]N1CC([B]P)OC(CO)C1. The first-order valence-corrected chi connectivity index (χ1v) is 3.98. The van der Waals surface area contributed by atoms with Gasteiger partial charge in [0.15, 0.2) is 7.00 Å².